The van der Waals surface area contributed by atoms with Crippen LogP contribution in [0.4, 0.5) is 5.69 Å². The lowest BCUT2D eigenvalue weighted by Crippen LogP contribution is -2.48. The summed E-state index contributed by atoms with van der Waals surface area (Å²) in [6.07, 6.45) is 2.63. The van der Waals surface area contributed by atoms with E-state index in [9.17, 15) is 13.2 Å². The Hall–Kier alpha value is -2.88. The smallest absolute Gasteiger partial charge is 0.267 e. The molecule has 0 radical (unpaired) electrons. The molecule has 0 bridgehead atoms. The van der Waals surface area contributed by atoms with Gasteiger partial charge in [0, 0.05) is 32.3 Å². The van der Waals surface area contributed by atoms with Crippen molar-refractivity contribution in [3.05, 3.63) is 60.2 Å². The highest BCUT2D eigenvalue weighted by Crippen LogP contribution is 2.29. The minimum atomic E-state index is -3.60. The molecule has 0 saturated carbocycles. The number of nitrogens with one attached hydrogen (secondary N) is 1. The third-order valence-electron chi connectivity index (χ3n) is 4.72. The van der Waals surface area contributed by atoms with Crippen molar-refractivity contribution in [2.24, 2.45) is 0 Å². The number of benzene rings is 2. The number of rotatable bonds is 6. The lowest BCUT2D eigenvalue weighted by molar-refractivity contribution is -0.124. The van der Waals surface area contributed by atoms with Gasteiger partial charge in [-0.15, -0.1) is 0 Å². The summed E-state index contributed by atoms with van der Waals surface area (Å²) in [5.41, 5.74) is 3.10. The summed E-state index contributed by atoms with van der Waals surface area (Å²) in [5.74, 6) is 0.108. The van der Waals surface area contributed by atoms with Crippen molar-refractivity contribution in [3.63, 3.8) is 0 Å². The van der Waals surface area contributed by atoms with Crippen molar-refractivity contribution in [1.29, 1.82) is 0 Å². The summed E-state index contributed by atoms with van der Waals surface area (Å²) in [7, 11) is -1.98. The fourth-order valence-electron chi connectivity index (χ4n) is 3.17. The summed E-state index contributed by atoms with van der Waals surface area (Å²) < 4.78 is 32.8. The third kappa shape index (κ3) is 4.76. The Bertz CT molecular complexity index is 981. The molecule has 0 unspecified atom stereocenters. The number of nitrogens with zero attached hydrogens (tertiary/aromatic N) is 2. The summed E-state index contributed by atoms with van der Waals surface area (Å²) in [6.45, 7) is 1.88. The number of anilines is 1. The number of para-hydroxylation sites is 2. The molecule has 0 aliphatic carbocycles. The zero-order valence-corrected chi connectivity index (χ0v) is 16.8. The van der Waals surface area contributed by atoms with Gasteiger partial charge in [0.05, 0.1) is 17.7 Å². The Morgan fingerprint density at radius 2 is 1.72 bits per heavy atom. The first-order chi connectivity index (χ1) is 14.0. The second kappa shape index (κ2) is 9.08. The van der Waals surface area contributed by atoms with Crippen LogP contribution in [0.15, 0.2) is 59.5 Å². The molecule has 0 aromatic heterocycles. The summed E-state index contributed by atoms with van der Waals surface area (Å²) >= 11 is 0. The summed E-state index contributed by atoms with van der Waals surface area (Å²) in [5, 5.41) is 8.48. The maximum atomic E-state index is 12.9. The standard InChI is InChI=1S/C20H23N3O5S/c1-28-19-5-3-2-4-18(19)22-12-14-23(15-13-22)29(26,27)17-9-6-16(7-10-17)8-11-20(24)21-25/h2-11,25H,12-15H2,1H3,(H,21,24)/b11-8+. The molecule has 1 aliphatic heterocycles. The minimum absolute atomic E-state index is 0.201. The number of methoxy groups -OCH3 is 1. The first-order valence-corrected chi connectivity index (χ1v) is 10.5. The van der Waals surface area contributed by atoms with Crippen LogP contribution >= 0.6 is 0 Å². The van der Waals surface area contributed by atoms with E-state index in [1.54, 1.807) is 19.2 Å². The number of carbonyl (C=O) groups is 1. The summed E-state index contributed by atoms with van der Waals surface area (Å²) in [4.78, 5) is 13.3. The molecular formula is C20H23N3O5S. The molecule has 3 rings (SSSR count). The second-order valence-corrected chi connectivity index (χ2v) is 8.38. The largest absolute Gasteiger partial charge is 0.495 e. The van der Waals surface area contributed by atoms with E-state index >= 15 is 0 Å². The van der Waals surface area contributed by atoms with Gasteiger partial charge in [0.1, 0.15) is 5.75 Å². The lowest BCUT2D eigenvalue weighted by Gasteiger charge is -2.35. The average Bonchev–Trinajstić information content (AvgIpc) is 2.77. The molecule has 8 nitrogen and oxygen atoms in total. The van der Waals surface area contributed by atoms with Gasteiger partial charge in [-0.25, -0.2) is 13.9 Å². The SMILES string of the molecule is COc1ccccc1N1CCN(S(=O)(=O)c2ccc(/C=C/C(=O)NO)cc2)CC1. The van der Waals surface area contributed by atoms with Crippen molar-refractivity contribution >= 4 is 27.7 Å². The van der Waals surface area contributed by atoms with E-state index in [0.29, 0.717) is 31.7 Å². The second-order valence-electron chi connectivity index (χ2n) is 6.44. The van der Waals surface area contributed by atoms with E-state index in [4.69, 9.17) is 9.94 Å². The van der Waals surface area contributed by atoms with Crippen LogP contribution < -0.4 is 15.1 Å². The van der Waals surface area contributed by atoms with Crippen LogP contribution in [0, 0.1) is 0 Å². The molecule has 1 heterocycles. The van der Waals surface area contributed by atoms with Gasteiger partial charge in [-0.05, 0) is 35.9 Å². The number of carbonyl (C=O) groups excluding carboxylic acids is 1. The Morgan fingerprint density at radius 1 is 1.07 bits per heavy atom. The molecule has 154 valence electrons. The molecule has 2 N–H and O–H groups in total. The van der Waals surface area contributed by atoms with E-state index in [1.807, 2.05) is 24.3 Å². The maximum Gasteiger partial charge on any atom is 0.267 e. The van der Waals surface area contributed by atoms with Crippen LogP contribution in [0.2, 0.25) is 0 Å². The molecule has 0 spiro atoms. The Labute approximate surface area is 170 Å². The van der Waals surface area contributed by atoms with Crippen LogP contribution in [0.5, 0.6) is 5.75 Å². The Balaban J connectivity index is 1.68. The van der Waals surface area contributed by atoms with Gasteiger partial charge in [0.2, 0.25) is 10.0 Å². The topological polar surface area (TPSA) is 99.2 Å². The van der Waals surface area contributed by atoms with Crippen LogP contribution in [0.3, 0.4) is 0 Å². The molecule has 0 atom stereocenters. The molecular weight excluding hydrogens is 394 g/mol. The van der Waals surface area contributed by atoms with Gasteiger partial charge in [-0.3, -0.25) is 10.0 Å². The molecule has 1 fully saturated rings. The zero-order valence-electron chi connectivity index (χ0n) is 16.0. The normalized spacial score (nSPS) is 15.4. The van der Waals surface area contributed by atoms with Crippen molar-refractivity contribution in [2.45, 2.75) is 4.90 Å². The minimum Gasteiger partial charge on any atom is -0.495 e. The van der Waals surface area contributed by atoms with Crippen LogP contribution in [-0.2, 0) is 14.8 Å². The van der Waals surface area contributed by atoms with Crippen molar-refractivity contribution in [1.82, 2.24) is 9.79 Å². The van der Waals surface area contributed by atoms with Gasteiger partial charge in [-0.2, -0.15) is 4.31 Å². The molecule has 9 heteroatoms. The Morgan fingerprint density at radius 3 is 2.34 bits per heavy atom. The van der Waals surface area contributed by atoms with Gasteiger partial charge < -0.3 is 9.64 Å². The number of piperazine rings is 1. The highest BCUT2D eigenvalue weighted by Gasteiger charge is 2.29. The zero-order chi connectivity index (χ0) is 20.9. The van der Waals surface area contributed by atoms with Crippen molar-refractivity contribution < 1.29 is 23.2 Å². The van der Waals surface area contributed by atoms with E-state index in [1.165, 1.54) is 28.0 Å². The highest BCUT2D eigenvalue weighted by molar-refractivity contribution is 7.89. The number of ether oxygens (including phenoxy) is 1. The Kier molecular flexibility index (Phi) is 6.53. The van der Waals surface area contributed by atoms with E-state index < -0.39 is 15.9 Å². The quantitative estimate of drug-likeness (QED) is 0.422. The average molecular weight is 417 g/mol. The molecule has 29 heavy (non-hydrogen) atoms. The number of hydroxylamine groups is 1. The van der Waals surface area contributed by atoms with Gasteiger partial charge in [0.15, 0.2) is 0 Å². The molecule has 2 aromatic carbocycles. The van der Waals surface area contributed by atoms with E-state index in [2.05, 4.69) is 4.90 Å². The fourth-order valence-corrected chi connectivity index (χ4v) is 4.59. The van der Waals surface area contributed by atoms with Crippen LogP contribution in [-0.4, -0.2) is 57.1 Å². The number of hydrogen-bond acceptors (Lipinski definition) is 6. The maximum absolute atomic E-state index is 12.9. The van der Waals surface area contributed by atoms with Gasteiger partial charge in [-0.1, -0.05) is 24.3 Å². The fraction of sp³-hybridized carbons (Fsp3) is 0.250. The van der Waals surface area contributed by atoms with E-state index in [0.717, 1.165) is 17.5 Å². The molecule has 1 aliphatic rings. The van der Waals surface area contributed by atoms with Crippen molar-refractivity contribution in [2.75, 3.05) is 38.2 Å². The third-order valence-corrected chi connectivity index (χ3v) is 6.63. The molecule has 2 aromatic rings. The van der Waals surface area contributed by atoms with Crippen LogP contribution in [0.25, 0.3) is 6.08 Å². The molecule has 1 amide bonds. The highest BCUT2D eigenvalue weighted by atomic mass is 32.2. The van der Waals surface area contributed by atoms with Crippen molar-refractivity contribution in [3.8, 4) is 5.75 Å². The lowest BCUT2D eigenvalue weighted by atomic mass is 10.2. The number of sulfonamides is 1. The predicted molar refractivity (Wildman–Crippen MR) is 109 cm³/mol. The number of amides is 1. The predicted octanol–water partition coefficient (Wildman–Crippen LogP) is 1.72. The summed E-state index contributed by atoms with van der Waals surface area (Å²) in [6, 6.07) is 13.9. The first kappa shape index (κ1) is 20.8. The monoisotopic (exact) mass is 417 g/mol. The van der Waals surface area contributed by atoms with Crippen LogP contribution in [0.1, 0.15) is 5.56 Å². The van der Waals surface area contributed by atoms with Gasteiger partial charge >= 0.3 is 0 Å². The van der Waals surface area contributed by atoms with Gasteiger partial charge in [0.25, 0.3) is 5.91 Å². The first-order valence-electron chi connectivity index (χ1n) is 9.06. The van der Waals surface area contributed by atoms with E-state index in [-0.39, 0.29) is 4.90 Å². The molecule has 1 saturated heterocycles. The number of hydrogen-bond donors (Lipinski definition) is 2.